The number of carboxylic acids is 1. The minimum absolute atomic E-state index is 0.0000579. The molecule has 5 rings (SSSR count). The Morgan fingerprint density at radius 2 is 1.23 bits per heavy atom. The van der Waals surface area contributed by atoms with Gasteiger partial charge in [-0.15, -0.1) is 11.3 Å². The maximum atomic E-state index is 14.1. The number of phenols is 1. The molecule has 19 heteroatoms. The Labute approximate surface area is 453 Å². The van der Waals surface area contributed by atoms with E-state index < -0.39 is 83.1 Å². The van der Waals surface area contributed by atoms with E-state index in [0.29, 0.717) is 30.4 Å². The van der Waals surface area contributed by atoms with Crippen molar-refractivity contribution in [2.75, 3.05) is 6.61 Å². The predicted octanol–water partition coefficient (Wildman–Crippen LogP) is 8.11. The Balaban J connectivity index is 1.14. The molecule has 0 unspecified atom stereocenters. The Bertz CT molecular complexity index is 2740. The highest BCUT2D eigenvalue weighted by Crippen LogP contribution is 2.44. The number of amides is 4. The molecule has 1 heterocycles. The summed E-state index contributed by atoms with van der Waals surface area (Å²) in [4.78, 5) is 120. The molecule has 0 saturated carbocycles. The number of phenolic OH excluding ortho intramolecular Hbond substituents is 1. The van der Waals surface area contributed by atoms with Crippen molar-refractivity contribution in [2.45, 2.75) is 162 Å². The van der Waals surface area contributed by atoms with Gasteiger partial charge in [0.25, 0.3) is 0 Å². The van der Waals surface area contributed by atoms with Crippen LogP contribution in [0, 0.1) is 11.8 Å². The second-order valence-corrected chi connectivity index (χ2v) is 22.1. The summed E-state index contributed by atoms with van der Waals surface area (Å²) in [6.45, 7) is 12.8. The van der Waals surface area contributed by atoms with E-state index >= 15 is 0 Å². The van der Waals surface area contributed by atoms with Gasteiger partial charge in [-0.1, -0.05) is 80.9 Å². The minimum Gasteiger partial charge on any atom is -0.508 e. The Morgan fingerprint density at radius 1 is 0.662 bits per heavy atom. The smallest absolute Gasteiger partial charge is 0.408 e. The van der Waals surface area contributed by atoms with Crippen LogP contribution in [0.4, 0.5) is 9.59 Å². The number of ether oxygens (including phenoxy) is 2. The molecule has 3 aromatic carbocycles. The summed E-state index contributed by atoms with van der Waals surface area (Å²) in [5, 5.41) is 31.3. The lowest BCUT2D eigenvalue weighted by Gasteiger charge is -2.22. The topological polar surface area (TPSA) is 274 Å². The lowest BCUT2D eigenvalue weighted by Crippen LogP contribution is -2.45. The van der Waals surface area contributed by atoms with Gasteiger partial charge in [0, 0.05) is 60.9 Å². The lowest BCUT2D eigenvalue weighted by atomic mass is 9.93. The molecule has 0 radical (unpaired) electrons. The van der Waals surface area contributed by atoms with Crippen LogP contribution in [-0.2, 0) is 62.3 Å². The van der Waals surface area contributed by atoms with E-state index in [0.717, 1.165) is 45.0 Å². The second kappa shape index (κ2) is 28.2. The van der Waals surface area contributed by atoms with Crippen molar-refractivity contribution in [3.63, 3.8) is 0 Å². The molecule has 4 aromatic rings. The third kappa shape index (κ3) is 18.8. The molecule has 0 aliphatic heterocycles. The Hall–Kier alpha value is -7.28. The number of carbonyl (C=O) groups is 9. The number of aromatic nitrogens is 1. The number of fused-ring (bicyclic) bond motifs is 3. The summed E-state index contributed by atoms with van der Waals surface area (Å²) in [6, 6.07) is 17.0. The molecule has 1 aliphatic rings. The number of rotatable bonds is 29. The van der Waals surface area contributed by atoms with Gasteiger partial charge in [0.1, 0.15) is 18.0 Å². The number of unbranched alkanes of at least 4 members (excludes halogenated alkanes) is 2. The molecule has 6 atom stereocenters. The molecule has 0 fully saturated rings. The molecule has 77 heavy (non-hydrogen) atoms. The van der Waals surface area contributed by atoms with E-state index in [4.69, 9.17) is 14.6 Å². The van der Waals surface area contributed by atoms with Gasteiger partial charge in [-0.3, -0.25) is 33.6 Å². The first-order chi connectivity index (χ1) is 36.4. The van der Waals surface area contributed by atoms with Crippen LogP contribution in [-0.4, -0.2) is 105 Å². The third-order valence-corrected chi connectivity index (χ3v) is 14.3. The van der Waals surface area contributed by atoms with Gasteiger partial charge in [0.05, 0.1) is 35.6 Å². The number of thiazole rings is 1. The van der Waals surface area contributed by atoms with E-state index in [9.17, 15) is 48.3 Å². The van der Waals surface area contributed by atoms with E-state index in [1.165, 1.54) is 38.2 Å². The number of nitrogens with one attached hydrogen (secondary N) is 4. The monoisotopic (exact) mass is 1080 g/mol. The highest BCUT2D eigenvalue weighted by molar-refractivity contribution is 7.11. The van der Waals surface area contributed by atoms with Gasteiger partial charge < -0.3 is 41.0 Å². The fourth-order valence-corrected chi connectivity index (χ4v) is 9.85. The first kappa shape index (κ1) is 60.6. The Morgan fingerprint density at radius 3 is 1.83 bits per heavy atom. The first-order valence-corrected chi connectivity index (χ1v) is 27.0. The van der Waals surface area contributed by atoms with Crippen LogP contribution < -0.4 is 21.3 Å². The molecule has 414 valence electrons. The van der Waals surface area contributed by atoms with Crippen LogP contribution in [0.1, 0.15) is 145 Å². The van der Waals surface area contributed by atoms with Crippen LogP contribution in [0.2, 0.25) is 0 Å². The largest absolute Gasteiger partial charge is 0.508 e. The van der Waals surface area contributed by atoms with Crippen molar-refractivity contribution < 1.29 is 62.8 Å². The van der Waals surface area contributed by atoms with Gasteiger partial charge in [-0.25, -0.2) is 14.6 Å². The highest BCUT2D eigenvalue weighted by atomic mass is 32.1. The van der Waals surface area contributed by atoms with Crippen LogP contribution >= 0.6 is 11.3 Å². The van der Waals surface area contributed by atoms with Gasteiger partial charge in [0.15, 0.2) is 23.1 Å². The molecule has 1 aliphatic carbocycles. The zero-order valence-electron chi connectivity index (χ0n) is 45.2. The summed E-state index contributed by atoms with van der Waals surface area (Å²) in [5.74, 6) is -5.43. The van der Waals surface area contributed by atoms with E-state index in [1.807, 2.05) is 48.5 Å². The molecule has 18 nitrogen and oxygen atoms in total. The number of aromatic hydroxyl groups is 1. The third-order valence-electron chi connectivity index (χ3n) is 13.3. The van der Waals surface area contributed by atoms with Crippen molar-refractivity contribution in [2.24, 2.45) is 11.8 Å². The second-order valence-electron chi connectivity index (χ2n) is 20.9. The maximum Gasteiger partial charge on any atom is 0.408 e. The molecule has 6 N–H and O–H groups in total. The number of aliphatic carboxylic acids is 1. The molecule has 0 saturated heterocycles. The van der Waals surface area contributed by atoms with Crippen molar-refractivity contribution in [3.05, 3.63) is 105 Å². The molecule has 1 aromatic heterocycles. The number of nitrogens with zero attached hydrogens (tertiary/aromatic N) is 1. The first-order valence-electron chi connectivity index (χ1n) is 26.2. The molecular weight excluding hydrogens is 1010 g/mol. The van der Waals surface area contributed by atoms with Crippen LogP contribution in [0.3, 0.4) is 0 Å². The number of aryl methyl sites for hydroxylation is 1. The minimum atomic E-state index is -1.16. The fraction of sp³-hybridized carbons (Fsp3) is 0.483. The van der Waals surface area contributed by atoms with Crippen molar-refractivity contribution >= 4 is 64.4 Å². The van der Waals surface area contributed by atoms with Gasteiger partial charge in [0.2, 0.25) is 11.8 Å². The number of carboxylic acid groups (broad SMARTS) is 1. The zero-order valence-corrected chi connectivity index (χ0v) is 46.0. The molecule has 0 bridgehead atoms. The summed E-state index contributed by atoms with van der Waals surface area (Å²) >= 11 is 1.49. The van der Waals surface area contributed by atoms with E-state index in [1.54, 1.807) is 52.9 Å². The van der Waals surface area contributed by atoms with E-state index in [-0.39, 0.29) is 68.4 Å². The Kier molecular flexibility index (Phi) is 22.2. The maximum absolute atomic E-state index is 14.1. The summed E-state index contributed by atoms with van der Waals surface area (Å²) in [7, 11) is 0. The van der Waals surface area contributed by atoms with Crippen molar-refractivity contribution in [1.29, 1.82) is 0 Å². The van der Waals surface area contributed by atoms with Crippen LogP contribution in [0.15, 0.2) is 72.9 Å². The lowest BCUT2D eigenvalue weighted by molar-refractivity contribution is -0.139. The number of benzene rings is 3. The van der Waals surface area contributed by atoms with Crippen molar-refractivity contribution in [3.8, 4) is 16.9 Å². The average molecular weight is 1080 g/mol. The van der Waals surface area contributed by atoms with Crippen molar-refractivity contribution in [1.82, 2.24) is 26.3 Å². The SMILES string of the molecule is C[C@H](CC(=O)[C@H](C)NC(=O)OC(C)(C)C)C(=O)N[C@@H](C)C(=O)CCCCCc1ncc(Cc2cc(C[C@H](NC(=O)OCC3c4ccccc4-c4ccccc43)C(=O)C[C@@H](C)C(=O)N[C@@H](C)C(=O)CCC(=O)O)ccc2O)s1. The average Bonchev–Trinajstić information content (AvgIpc) is 3.96. The number of Topliss-reactive ketones (excluding diaryl/α,β-unsaturated/α-hetero) is 4. The zero-order chi connectivity index (χ0) is 56.6. The highest BCUT2D eigenvalue weighted by Gasteiger charge is 2.32. The number of ketones is 4. The summed E-state index contributed by atoms with van der Waals surface area (Å²) in [6.07, 6.45) is 2.43. The summed E-state index contributed by atoms with van der Waals surface area (Å²) in [5.41, 5.74) is 4.57. The molecule has 4 amide bonds. The van der Waals surface area contributed by atoms with Gasteiger partial charge >= 0.3 is 18.2 Å². The van der Waals surface area contributed by atoms with Crippen LogP contribution in [0.5, 0.6) is 5.75 Å². The van der Waals surface area contributed by atoms with Gasteiger partial charge in [-0.2, -0.15) is 0 Å². The van der Waals surface area contributed by atoms with E-state index in [2.05, 4.69) is 26.3 Å². The normalized spacial score (nSPS) is 14.3. The van der Waals surface area contributed by atoms with Crippen LogP contribution in [0.25, 0.3) is 11.1 Å². The quantitative estimate of drug-likeness (QED) is 0.0281. The summed E-state index contributed by atoms with van der Waals surface area (Å²) < 4.78 is 11.0. The number of hydrogen-bond acceptors (Lipinski definition) is 14. The number of hydrogen-bond donors (Lipinski definition) is 6. The molecular formula is C58H73N5O13S. The fourth-order valence-electron chi connectivity index (χ4n) is 8.86. The predicted molar refractivity (Wildman–Crippen MR) is 289 cm³/mol. The number of carbonyl (C=O) groups excluding carboxylic acids is 8. The number of alkyl carbamates (subject to hydrolysis) is 2. The standard InChI is InChI=1S/C58H73N5O13S/c1-33(26-50(67)37(5)62-57(74)76-58(6,7)8)54(71)60-35(3)47(64)20-10-9-11-21-52-59-31-40(77-52)30-39-28-38(22-23-49(39)66)29-46(51(68)27-34(2)55(72)61-36(4)48(65)24-25-53(69)70)63-56(73)75-32-45-43-18-14-12-16-41(43)42-17-13-15-19-44(42)45/h12-19,22-23,28,31,33-37,45-46,66H,9-11,20-21,24-27,29-30,32H2,1-8H3,(H,60,71)(H,61,72)(H,62,74)(H,63,73)(H,69,70)/t33-,34-,35+,36+,37+,46+/m1/s1. The van der Waals surface area contributed by atoms with Gasteiger partial charge in [-0.05, 0) is 107 Å². The molecule has 0 spiro atoms.